The van der Waals surface area contributed by atoms with Crippen molar-refractivity contribution in [1.82, 2.24) is 4.90 Å². The van der Waals surface area contributed by atoms with Gasteiger partial charge in [-0.3, -0.25) is 0 Å². The standard InChI is InChI=1S/C16H24N2O3.C2H6.CH4/c1-16(2,3)21-15(19)18-10-8-14(9-11-18)20-13-6-4-12(17)5-7-13;1-2;/h4-7,14H,8-11,17H2,1-3H3;1-2H3;1H4. The van der Waals surface area contributed by atoms with E-state index < -0.39 is 5.60 Å². The number of carbonyl (C=O) groups excluding carboxylic acids is 1. The first-order valence-electron chi connectivity index (χ1n) is 8.33. The number of nitrogens with zero attached hydrogens (tertiary/aromatic N) is 1. The van der Waals surface area contributed by atoms with Gasteiger partial charge >= 0.3 is 6.09 Å². The maximum Gasteiger partial charge on any atom is 0.410 e. The number of amides is 1. The molecule has 0 aliphatic carbocycles. The number of hydrogen-bond acceptors (Lipinski definition) is 4. The Kier molecular flexibility index (Phi) is 9.26. The lowest BCUT2D eigenvalue weighted by Crippen LogP contribution is -2.44. The number of benzene rings is 1. The van der Waals surface area contributed by atoms with Crippen LogP contribution in [0.5, 0.6) is 5.75 Å². The van der Waals surface area contributed by atoms with Crippen molar-refractivity contribution in [3.05, 3.63) is 24.3 Å². The van der Waals surface area contributed by atoms with Crippen molar-refractivity contribution >= 4 is 11.8 Å². The largest absolute Gasteiger partial charge is 0.490 e. The second-order valence-corrected chi connectivity index (χ2v) is 6.35. The van der Waals surface area contributed by atoms with Crippen LogP contribution in [-0.4, -0.2) is 35.8 Å². The van der Waals surface area contributed by atoms with E-state index in [0.29, 0.717) is 13.1 Å². The number of nitrogens with two attached hydrogens (primary N) is 1. The van der Waals surface area contributed by atoms with E-state index >= 15 is 0 Å². The molecular formula is C19H34N2O3. The molecular weight excluding hydrogens is 304 g/mol. The van der Waals surface area contributed by atoms with Gasteiger partial charge in [-0.15, -0.1) is 0 Å². The first-order valence-corrected chi connectivity index (χ1v) is 8.33. The Balaban J connectivity index is 0.00000170. The van der Waals surface area contributed by atoms with E-state index in [1.54, 1.807) is 4.90 Å². The van der Waals surface area contributed by atoms with Crippen LogP contribution in [0.2, 0.25) is 0 Å². The third-order valence-corrected chi connectivity index (χ3v) is 3.28. The van der Waals surface area contributed by atoms with Crippen molar-refractivity contribution in [2.45, 2.75) is 66.6 Å². The minimum absolute atomic E-state index is 0. The highest BCUT2D eigenvalue weighted by Gasteiger charge is 2.27. The van der Waals surface area contributed by atoms with E-state index in [1.807, 2.05) is 58.9 Å². The summed E-state index contributed by atoms with van der Waals surface area (Å²) < 4.78 is 11.3. The number of rotatable bonds is 2. The van der Waals surface area contributed by atoms with Gasteiger partial charge in [0.2, 0.25) is 0 Å². The molecule has 0 spiro atoms. The lowest BCUT2D eigenvalue weighted by atomic mass is 10.1. The molecule has 1 aliphatic rings. The lowest BCUT2D eigenvalue weighted by Gasteiger charge is -2.33. The maximum absolute atomic E-state index is 12.0. The Labute approximate surface area is 147 Å². The first-order chi connectivity index (χ1) is 10.8. The van der Waals surface area contributed by atoms with Crippen LogP contribution in [0.4, 0.5) is 10.5 Å². The fourth-order valence-electron chi connectivity index (χ4n) is 2.22. The zero-order valence-corrected chi connectivity index (χ0v) is 15.0. The van der Waals surface area contributed by atoms with E-state index in [1.165, 1.54) is 0 Å². The number of nitrogen functional groups attached to an aromatic ring is 1. The van der Waals surface area contributed by atoms with Gasteiger partial charge in [0.25, 0.3) is 0 Å². The van der Waals surface area contributed by atoms with Crippen LogP contribution in [0.25, 0.3) is 0 Å². The molecule has 5 nitrogen and oxygen atoms in total. The van der Waals surface area contributed by atoms with Crippen LogP contribution in [-0.2, 0) is 4.74 Å². The Morgan fingerprint density at radius 2 is 1.62 bits per heavy atom. The predicted molar refractivity (Wildman–Crippen MR) is 100 cm³/mol. The smallest absolute Gasteiger partial charge is 0.410 e. The van der Waals surface area contributed by atoms with Crippen LogP contribution in [0, 0.1) is 0 Å². The van der Waals surface area contributed by atoms with Gasteiger partial charge in [0.1, 0.15) is 17.5 Å². The molecule has 0 atom stereocenters. The van der Waals surface area contributed by atoms with Gasteiger partial charge in [-0.2, -0.15) is 0 Å². The van der Waals surface area contributed by atoms with Crippen molar-refractivity contribution in [2.24, 2.45) is 0 Å². The average molecular weight is 338 g/mol. The molecule has 1 heterocycles. The van der Waals surface area contributed by atoms with Crippen molar-refractivity contribution in [1.29, 1.82) is 0 Å². The minimum atomic E-state index is -0.450. The molecule has 1 saturated heterocycles. The Bertz CT molecular complexity index is 472. The molecule has 1 aromatic carbocycles. The van der Waals surface area contributed by atoms with Crippen molar-refractivity contribution in [3.63, 3.8) is 0 Å². The first kappa shape index (κ1) is 22.1. The van der Waals surface area contributed by atoms with E-state index in [4.69, 9.17) is 15.2 Å². The fraction of sp³-hybridized carbons (Fsp3) is 0.632. The normalized spacial score (nSPS) is 14.8. The highest BCUT2D eigenvalue weighted by Crippen LogP contribution is 2.21. The van der Waals surface area contributed by atoms with Crippen molar-refractivity contribution < 1.29 is 14.3 Å². The Morgan fingerprint density at radius 1 is 1.12 bits per heavy atom. The third-order valence-electron chi connectivity index (χ3n) is 3.28. The molecule has 2 rings (SSSR count). The van der Waals surface area contributed by atoms with E-state index in [0.717, 1.165) is 24.3 Å². The van der Waals surface area contributed by atoms with Gasteiger partial charge in [-0.1, -0.05) is 21.3 Å². The topological polar surface area (TPSA) is 64.8 Å². The molecule has 1 aliphatic heterocycles. The number of anilines is 1. The minimum Gasteiger partial charge on any atom is -0.490 e. The molecule has 0 bridgehead atoms. The molecule has 1 fully saturated rings. The summed E-state index contributed by atoms with van der Waals surface area (Å²) in [5, 5.41) is 0. The SMILES string of the molecule is C.CC.CC(C)(C)OC(=O)N1CCC(Oc2ccc(N)cc2)CC1. The molecule has 0 unspecified atom stereocenters. The third kappa shape index (κ3) is 7.57. The number of carbonyl (C=O) groups is 1. The second-order valence-electron chi connectivity index (χ2n) is 6.35. The Hall–Kier alpha value is -1.91. The molecule has 1 aromatic rings. The quantitative estimate of drug-likeness (QED) is 0.793. The van der Waals surface area contributed by atoms with Gasteiger partial charge in [0.15, 0.2) is 0 Å². The summed E-state index contributed by atoms with van der Waals surface area (Å²) in [5.41, 5.74) is 5.92. The summed E-state index contributed by atoms with van der Waals surface area (Å²) in [6.07, 6.45) is 1.51. The van der Waals surface area contributed by atoms with Crippen LogP contribution in [0.3, 0.4) is 0 Å². The predicted octanol–water partition coefficient (Wildman–Crippen LogP) is 4.71. The summed E-state index contributed by atoms with van der Waals surface area (Å²) in [6, 6.07) is 7.39. The van der Waals surface area contributed by atoms with E-state index in [9.17, 15) is 4.79 Å². The molecule has 5 heteroatoms. The van der Waals surface area contributed by atoms with Crippen LogP contribution < -0.4 is 10.5 Å². The summed E-state index contributed by atoms with van der Waals surface area (Å²) in [4.78, 5) is 13.7. The fourth-order valence-corrected chi connectivity index (χ4v) is 2.22. The molecule has 0 radical (unpaired) electrons. The van der Waals surface area contributed by atoms with Gasteiger partial charge < -0.3 is 20.1 Å². The molecule has 0 saturated carbocycles. The van der Waals surface area contributed by atoms with E-state index in [-0.39, 0.29) is 19.6 Å². The number of piperidine rings is 1. The van der Waals surface area contributed by atoms with Gasteiger partial charge in [-0.05, 0) is 45.0 Å². The van der Waals surface area contributed by atoms with Crippen molar-refractivity contribution in [2.75, 3.05) is 18.8 Å². The number of likely N-dealkylation sites (tertiary alicyclic amines) is 1. The highest BCUT2D eigenvalue weighted by atomic mass is 16.6. The lowest BCUT2D eigenvalue weighted by molar-refractivity contribution is 0.0126. The summed E-state index contributed by atoms with van der Waals surface area (Å²) in [7, 11) is 0. The average Bonchev–Trinajstić information content (AvgIpc) is 2.51. The zero-order chi connectivity index (χ0) is 17.5. The van der Waals surface area contributed by atoms with Gasteiger partial charge in [0.05, 0.1) is 0 Å². The number of hydrogen-bond donors (Lipinski definition) is 1. The van der Waals surface area contributed by atoms with Crippen LogP contribution in [0.15, 0.2) is 24.3 Å². The van der Waals surface area contributed by atoms with E-state index in [2.05, 4.69) is 0 Å². The highest BCUT2D eigenvalue weighted by molar-refractivity contribution is 5.68. The molecule has 2 N–H and O–H groups in total. The summed E-state index contributed by atoms with van der Waals surface area (Å²) in [5.74, 6) is 0.819. The van der Waals surface area contributed by atoms with Crippen LogP contribution >= 0.6 is 0 Å². The number of ether oxygens (including phenoxy) is 2. The monoisotopic (exact) mass is 338 g/mol. The van der Waals surface area contributed by atoms with Crippen molar-refractivity contribution in [3.8, 4) is 5.75 Å². The second kappa shape index (κ2) is 10.1. The molecule has 24 heavy (non-hydrogen) atoms. The maximum atomic E-state index is 12.0. The molecule has 1 amide bonds. The summed E-state index contributed by atoms with van der Waals surface area (Å²) >= 11 is 0. The molecule has 0 aromatic heterocycles. The Morgan fingerprint density at radius 3 is 2.08 bits per heavy atom. The molecule has 138 valence electrons. The van der Waals surface area contributed by atoms with Gasteiger partial charge in [0, 0.05) is 31.6 Å². The van der Waals surface area contributed by atoms with Crippen LogP contribution in [0.1, 0.15) is 54.9 Å². The zero-order valence-electron chi connectivity index (χ0n) is 15.0. The van der Waals surface area contributed by atoms with Gasteiger partial charge in [-0.25, -0.2) is 4.79 Å². The summed E-state index contributed by atoms with van der Waals surface area (Å²) in [6.45, 7) is 11.0.